The van der Waals surface area contributed by atoms with Crippen LogP contribution in [0.25, 0.3) is 16.9 Å². The minimum absolute atomic E-state index is 0.126. The third kappa shape index (κ3) is 3.81. The van der Waals surface area contributed by atoms with Gasteiger partial charge in [-0.05, 0) is 29.8 Å². The van der Waals surface area contributed by atoms with E-state index >= 15 is 0 Å². The van der Waals surface area contributed by atoms with E-state index in [-0.39, 0.29) is 11.7 Å². The maximum absolute atomic E-state index is 13.3. The lowest BCUT2D eigenvalue weighted by molar-refractivity contribution is -0.130. The van der Waals surface area contributed by atoms with Gasteiger partial charge in [-0.3, -0.25) is 4.79 Å². The van der Waals surface area contributed by atoms with E-state index in [0.29, 0.717) is 55.3 Å². The van der Waals surface area contributed by atoms with Crippen molar-refractivity contribution in [1.82, 2.24) is 29.9 Å². The number of nitrogens with zero attached hydrogens (tertiary/aromatic N) is 7. The molecule has 2 aromatic heterocycles. The van der Waals surface area contributed by atoms with Crippen LogP contribution in [0.4, 0.5) is 10.2 Å². The number of amides is 1. The topological polar surface area (TPSA) is 80.0 Å². The van der Waals surface area contributed by atoms with E-state index in [1.807, 2.05) is 35.2 Å². The predicted octanol–water partition coefficient (Wildman–Crippen LogP) is 2.24. The van der Waals surface area contributed by atoms with E-state index < -0.39 is 0 Å². The molecule has 0 unspecified atom stereocenters. The molecule has 9 heteroatoms. The molecule has 5 rings (SSSR count). The molecule has 0 bridgehead atoms. The van der Waals surface area contributed by atoms with Gasteiger partial charge in [0.25, 0.3) is 0 Å². The smallest absolute Gasteiger partial charge is 0.227 e. The zero-order valence-corrected chi connectivity index (χ0v) is 16.7. The van der Waals surface area contributed by atoms with Crippen LogP contribution in [0.1, 0.15) is 5.56 Å². The van der Waals surface area contributed by atoms with Crippen LogP contribution in [-0.4, -0.2) is 61.9 Å². The van der Waals surface area contributed by atoms with E-state index in [1.165, 1.54) is 18.5 Å². The van der Waals surface area contributed by atoms with E-state index in [9.17, 15) is 9.18 Å². The van der Waals surface area contributed by atoms with Crippen molar-refractivity contribution in [2.24, 2.45) is 0 Å². The maximum Gasteiger partial charge on any atom is 0.227 e. The first-order valence-electron chi connectivity index (χ1n) is 10.1. The Morgan fingerprint density at radius 1 is 0.935 bits per heavy atom. The third-order valence-electron chi connectivity index (χ3n) is 5.42. The first kappa shape index (κ1) is 19.1. The normalized spacial score (nSPS) is 14.2. The molecule has 0 radical (unpaired) electrons. The molecule has 2 aromatic carbocycles. The second-order valence-corrected chi connectivity index (χ2v) is 7.38. The van der Waals surface area contributed by atoms with Gasteiger partial charge in [-0.2, -0.15) is 4.68 Å². The Morgan fingerprint density at radius 2 is 1.68 bits per heavy atom. The summed E-state index contributed by atoms with van der Waals surface area (Å²) in [6, 6.07) is 15.8. The Hall–Kier alpha value is -3.88. The van der Waals surface area contributed by atoms with Crippen molar-refractivity contribution < 1.29 is 9.18 Å². The molecule has 1 fully saturated rings. The van der Waals surface area contributed by atoms with Crippen LogP contribution in [0.15, 0.2) is 60.9 Å². The Kier molecular flexibility index (Phi) is 4.99. The molecule has 0 saturated carbocycles. The lowest BCUT2D eigenvalue weighted by atomic mass is 10.1. The van der Waals surface area contributed by atoms with Crippen molar-refractivity contribution in [1.29, 1.82) is 0 Å². The highest BCUT2D eigenvalue weighted by Crippen LogP contribution is 2.23. The van der Waals surface area contributed by atoms with Crippen molar-refractivity contribution in [2.75, 3.05) is 31.1 Å². The summed E-state index contributed by atoms with van der Waals surface area (Å²) in [6.07, 6.45) is 1.89. The summed E-state index contributed by atoms with van der Waals surface area (Å²) in [5.74, 6) is 0.498. The number of fused-ring (bicyclic) bond motifs is 1. The maximum atomic E-state index is 13.3. The van der Waals surface area contributed by atoms with E-state index in [2.05, 4.69) is 25.2 Å². The monoisotopic (exact) mass is 417 g/mol. The van der Waals surface area contributed by atoms with Crippen molar-refractivity contribution in [3.8, 4) is 5.69 Å². The summed E-state index contributed by atoms with van der Waals surface area (Å²) in [5, 5.41) is 8.47. The van der Waals surface area contributed by atoms with Crippen molar-refractivity contribution in [3.05, 3.63) is 72.3 Å². The summed E-state index contributed by atoms with van der Waals surface area (Å²) in [7, 11) is 0. The Morgan fingerprint density at radius 3 is 2.42 bits per heavy atom. The Balaban J connectivity index is 1.32. The average molecular weight is 417 g/mol. The van der Waals surface area contributed by atoms with Gasteiger partial charge in [0.05, 0.1) is 12.1 Å². The average Bonchev–Trinajstić information content (AvgIpc) is 3.25. The van der Waals surface area contributed by atoms with Gasteiger partial charge in [-0.25, -0.2) is 14.4 Å². The van der Waals surface area contributed by atoms with Crippen molar-refractivity contribution >= 4 is 22.9 Å². The Labute approximate surface area is 177 Å². The number of rotatable bonds is 4. The highest BCUT2D eigenvalue weighted by Gasteiger charge is 2.25. The van der Waals surface area contributed by atoms with Crippen LogP contribution < -0.4 is 4.90 Å². The van der Waals surface area contributed by atoms with Crippen molar-refractivity contribution in [3.63, 3.8) is 0 Å². The van der Waals surface area contributed by atoms with E-state index in [4.69, 9.17) is 0 Å². The zero-order chi connectivity index (χ0) is 21.2. The molecule has 1 aliphatic rings. The van der Waals surface area contributed by atoms with Crippen LogP contribution in [0.3, 0.4) is 0 Å². The molecule has 0 aliphatic carbocycles. The highest BCUT2D eigenvalue weighted by molar-refractivity contribution is 5.84. The molecule has 8 nitrogen and oxygen atoms in total. The molecular weight excluding hydrogens is 397 g/mol. The quantitative estimate of drug-likeness (QED) is 0.507. The SMILES string of the molecule is O=C(Cc1ccccc1)N1CCN(c2ncnc3c2nnn3-c2ccc(F)cc2)CC1. The van der Waals surface area contributed by atoms with Crippen LogP contribution in [0.2, 0.25) is 0 Å². The van der Waals surface area contributed by atoms with Gasteiger partial charge in [0.15, 0.2) is 17.0 Å². The molecular formula is C22H20FN7O. The summed E-state index contributed by atoms with van der Waals surface area (Å²) < 4.78 is 14.8. The zero-order valence-electron chi connectivity index (χ0n) is 16.7. The third-order valence-corrected chi connectivity index (χ3v) is 5.42. The summed E-state index contributed by atoms with van der Waals surface area (Å²) in [4.78, 5) is 25.4. The molecule has 156 valence electrons. The molecule has 1 amide bonds. The highest BCUT2D eigenvalue weighted by atomic mass is 19.1. The molecule has 1 saturated heterocycles. The number of halogens is 1. The standard InChI is InChI=1S/C22H20FN7O/c23-17-6-8-18(9-7-17)30-22-20(26-27-30)21(24-15-25-22)29-12-10-28(11-13-29)19(31)14-16-4-2-1-3-5-16/h1-9,15H,10-14H2. The minimum Gasteiger partial charge on any atom is -0.351 e. The van der Waals surface area contributed by atoms with Gasteiger partial charge in [0, 0.05) is 26.2 Å². The van der Waals surface area contributed by atoms with Gasteiger partial charge >= 0.3 is 0 Å². The molecule has 31 heavy (non-hydrogen) atoms. The number of benzene rings is 2. The second kappa shape index (κ2) is 8.10. The molecule has 1 aliphatic heterocycles. The number of piperazine rings is 1. The molecule has 0 atom stereocenters. The molecule has 3 heterocycles. The minimum atomic E-state index is -0.317. The molecule has 0 N–H and O–H groups in total. The lowest BCUT2D eigenvalue weighted by Gasteiger charge is -2.35. The molecule has 0 spiro atoms. The van der Waals surface area contributed by atoms with Gasteiger partial charge in [-0.1, -0.05) is 35.5 Å². The van der Waals surface area contributed by atoms with Crippen LogP contribution in [0, 0.1) is 5.82 Å². The summed E-state index contributed by atoms with van der Waals surface area (Å²) in [6.45, 7) is 2.53. The van der Waals surface area contributed by atoms with E-state index in [0.717, 1.165) is 5.56 Å². The number of anilines is 1. The summed E-state index contributed by atoms with van der Waals surface area (Å²) in [5.41, 5.74) is 2.82. The summed E-state index contributed by atoms with van der Waals surface area (Å²) >= 11 is 0. The first-order chi connectivity index (χ1) is 15.2. The fraction of sp³-hybridized carbons (Fsp3) is 0.227. The van der Waals surface area contributed by atoms with Gasteiger partial charge < -0.3 is 9.80 Å². The van der Waals surface area contributed by atoms with Gasteiger partial charge in [0.1, 0.15) is 12.1 Å². The second-order valence-electron chi connectivity index (χ2n) is 7.38. The molecule has 4 aromatic rings. The van der Waals surface area contributed by atoms with Gasteiger partial charge in [0.2, 0.25) is 5.91 Å². The number of hydrogen-bond donors (Lipinski definition) is 0. The van der Waals surface area contributed by atoms with Crippen LogP contribution in [0.5, 0.6) is 0 Å². The van der Waals surface area contributed by atoms with Crippen LogP contribution in [-0.2, 0) is 11.2 Å². The fourth-order valence-corrected chi connectivity index (χ4v) is 3.77. The lowest BCUT2D eigenvalue weighted by Crippen LogP contribution is -2.49. The largest absolute Gasteiger partial charge is 0.351 e. The number of aromatic nitrogens is 5. The number of hydrogen-bond acceptors (Lipinski definition) is 6. The van der Waals surface area contributed by atoms with Crippen LogP contribution >= 0.6 is 0 Å². The van der Waals surface area contributed by atoms with Crippen molar-refractivity contribution in [2.45, 2.75) is 6.42 Å². The Bertz CT molecular complexity index is 1200. The first-order valence-corrected chi connectivity index (χ1v) is 10.1. The predicted molar refractivity (Wildman–Crippen MR) is 113 cm³/mol. The fourth-order valence-electron chi connectivity index (χ4n) is 3.77. The van der Waals surface area contributed by atoms with E-state index in [1.54, 1.807) is 16.8 Å². The van der Waals surface area contributed by atoms with Gasteiger partial charge in [-0.15, -0.1) is 5.10 Å². The number of carbonyl (C=O) groups is 1. The number of carbonyl (C=O) groups excluding carboxylic acids is 1.